The van der Waals surface area contributed by atoms with E-state index in [-0.39, 0.29) is 12.0 Å². The summed E-state index contributed by atoms with van der Waals surface area (Å²) in [4.78, 5) is 11.6. The van der Waals surface area contributed by atoms with Crippen molar-refractivity contribution in [1.29, 1.82) is 0 Å². The summed E-state index contributed by atoms with van der Waals surface area (Å²) in [5.74, 6) is -0.393. The van der Waals surface area contributed by atoms with Gasteiger partial charge in [-0.1, -0.05) is 60.7 Å². The van der Waals surface area contributed by atoms with Crippen molar-refractivity contribution < 1.29 is 9.53 Å². The van der Waals surface area contributed by atoms with Crippen LogP contribution in [0.15, 0.2) is 66.7 Å². The minimum atomic E-state index is -0.393. The van der Waals surface area contributed by atoms with Gasteiger partial charge < -0.3 is 4.74 Å². The number of halogens is 1. The quantitative estimate of drug-likeness (QED) is 0.467. The molecular formula is C17H15ClO2. The summed E-state index contributed by atoms with van der Waals surface area (Å²) >= 11 is 6.17. The van der Waals surface area contributed by atoms with Gasteiger partial charge in [0.05, 0.1) is 5.38 Å². The summed E-state index contributed by atoms with van der Waals surface area (Å²) in [6, 6.07) is 19.1. The molecule has 0 aromatic heterocycles. The van der Waals surface area contributed by atoms with Crippen LogP contribution in [-0.2, 0) is 9.53 Å². The van der Waals surface area contributed by atoms with Crippen molar-refractivity contribution >= 4 is 23.6 Å². The highest BCUT2D eigenvalue weighted by Gasteiger charge is 2.09. The fourth-order valence-electron chi connectivity index (χ4n) is 1.69. The van der Waals surface area contributed by atoms with E-state index in [1.807, 2.05) is 60.7 Å². The first-order valence-corrected chi connectivity index (χ1v) is 6.78. The molecule has 2 nitrogen and oxygen atoms in total. The number of ether oxygens (including phenoxy) is 1. The largest absolute Gasteiger partial charge is 0.461 e. The first kappa shape index (κ1) is 14.4. The van der Waals surface area contributed by atoms with Crippen LogP contribution in [0.25, 0.3) is 6.08 Å². The number of benzene rings is 2. The number of alkyl halides is 1. The average Bonchev–Trinajstić information content (AvgIpc) is 2.52. The molecule has 1 unspecified atom stereocenters. The van der Waals surface area contributed by atoms with Gasteiger partial charge in [-0.05, 0) is 17.2 Å². The number of rotatable bonds is 5. The zero-order valence-electron chi connectivity index (χ0n) is 10.9. The van der Waals surface area contributed by atoms with Gasteiger partial charge in [0.2, 0.25) is 0 Å². The molecule has 102 valence electrons. The van der Waals surface area contributed by atoms with Crippen LogP contribution in [-0.4, -0.2) is 12.6 Å². The van der Waals surface area contributed by atoms with Gasteiger partial charge in [-0.25, -0.2) is 4.79 Å². The fourth-order valence-corrected chi connectivity index (χ4v) is 1.90. The molecule has 0 saturated heterocycles. The maximum Gasteiger partial charge on any atom is 0.330 e. The lowest BCUT2D eigenvalue weighted by molar-refractivity contribution is -0.137. The molecule has 0 saturated carbocycles. The van der Waals surface area contributed by atoms with E-state index in [0.717, 1.165) is 11.1 Å². The monoisotopic (exact) mass is 286 g/mol. The van der Waals surface area contributed by atoms with E-state index in [9.17, 15) is 4.79 Å². The predicted molar refractivity (Wildman–Crippen MR) is 81.5 cm³/mol. The molecule has 1 atom stereocenters. The van der Waals surface area contributed by atoms with E-state index in [4.69, 9.17) is 16.3 Å². The maximum absolute atomic E-state index is 11.6. The van der Waals surface area contributed by atoms with E-state index in [1.165, 1.54) is 6.08 Å². The van der Waals surface area contributed by atoms with Crippen molar-refractivity contribution in [3.63, 3.8) is 0 Å². The van der Waals surface area contributed by atoms with Gasteiger partial charge in [0, 0.05) is 6.08 Å². The highest BCUT2D eigenvalue weighted by atomic mass is 35.5. The minimum absolute atomic E-state index is 0.156. The lowest BCUT2D eigenvalue weighted by Gasteiger charge is -2.09. The summed E-state index contributed by atoms with van der Waals surface area (Å²) in [6.07, 6.45) is 3.12. The smallest absolute Gasteiger partial charge is 0.330 e. The number of carbonyl (C=O) groups excluding carboxylic acids is 1. The van der Waals surface area contributed by atoms with Crippen LogP contribution in [0, 0.1) is 0 Å². The molecule has 0 aliphatic heterocycles. The third-order valence-electron chi connectivity index (χ3n) is 2.74. The van der Waals surface area contributed by atoms with Crippen LogP contribution >= 0.6 is 11.6 Å². The Labute approximate surface area is 123 Å². The Hall–Kier alpha value is -2.06. The van der Waals surface area contributed by atoms with Crippen molar-refractivity contribution in [2.24, 2.45) is 0 Å². The van der Waals surface area contributed by atoms with Gasteiger partial charge in [-0.3, -0.25) is 0 Å². The molecule has 0 radical (unpaired) electrons. The standard InChI is InChI=1S/C17H15ClO2/c18-16(15-9-5-2-6-10-15)13-20-17(19)12-11-14-7-3-1-4-8-14/h1-12,16H,13H2/b12-11+. The second-order valence-electron chi connectivity index (χ2n) is 4.25. The Balaban J connectivity index is 1.82. The predicted octanol–water partition coefficient (Wildman–Crippen LogP) is 4.22. The summed E-state index contributed by atoms with van der Waals surface area (Å²) in [5.41, 5.74) is 1.89. The first-order chi connectivity index (χ1) is 9.75. The molecule has 0 bridgehead atoms. The molecule has 0 spiro atoms. The van der Waals surface area contributed by atoms with Crippen LogP contribution in [0.3, 0.4) is 0 Å². The molecule has 2 rings (SSSR count). The topological polar surface area (TPSA) is 26.3 Å². The zero-order chi connectivity index (χ0) is 14.2. The normalized spacial score (nSPS) is 12.2. The lowest BCUT2D eigenvalue weighted by atomic mass is 10.1. The van der Waals surface area contributed by atoms with Crippen molar-refractivity contribution in [1.82, 2.24) is 0 Å². The highest BCUT2D eigenvalue weighted by molar-refractivity contribution is 6.21. The van der Waals surface area contributed by atoms with Crippen molar-refractivity contribution in [3.8, 4) is 0 Å². The van der Waals surface area contributed by atoms with Crippen LogP contribution in [0.2, 0.25) is 0 Å². The Bertz CT molecular complexity index is 564. The third kappa shape index (κ3) is 4.56. The Morgan fingerprint density at radius 2 is 1.65 bits per heavy atom. The summed E-state index contributed by atoms with van der Waals surface area (Å²) < 4.78 is 5.12. The second-order valence-corrected chi connectivity index (χ2v) is 4.78. The van der Waals surface area contributed by atoms with E-state index < -0.39 is 5.97 Å². The molecule has 3 heteroatoms. The van der Waals surface area contributed by atoms with Gasteiger partial charge in [0.1, 0.15) is 6.61 Å². The highest BCUT2D eigenvalue weighted by Crippen LogP contribution is 2.20. The number of esters is 1. The molecular weight excluding hydrogens is 272 g/mol. The SMILES string of the molecule is O=C(/C=C/c1ccccc1)OCC(Cl)c1ccccc1. The second kappa shape index (κ2) is 7.51. The van der Waals surface area contributed by atoms with Gasteiger partial charge >= 0.3 is 5.97 Å². The Morgan fingerprint density at radius 1 is 1.05 bits per heavy atom. The van der Waals surface area contributed by atoms with E-state index in [0.29, 0.717) is 0 Å². The van der Waals surface area contributed by atoms with Crippen molar-refractivity contribution in [2.45, 2.75) is 5.38 Å². The molecule has 0 fully saturated rings. The zero-order valence-corrected chi connectivity index (χ0v) is 11.7. The van der Waals surface area contributed by atoms with Gasteiger partial charge in [-0.15, -0.1) is 11.6 Å². The number of hydrogen-bond donors (Lipinski definition) is 0. The average molecular weight is 287 g/mol. The van der Waals surface area contributed by atoms with E-state index in [2.05, 4.69) is 0 Å². The van der Waals surface area contributed by atoms with Crippen molar-refractivity contribution in [3.05, 3.63) is 77.9 Å². The number of carbonyl (C=O) groups is 1. The van der Waals surface area contributed by atoms with Gasteiger partial charge in [-0.2, -0.15) is 0 Å². The van der Waals surface area contributed by atoms with Crippen LogP contribution in [0.1, 0.15) is 16.5 Å². The van der Waals surface area contributed by atoms with Crippen LogP contribution in [0.5, 0.6) is 0 Å². The molecule has 0 aliphatic carbocycles. The van der Waals surface area contributed by atoms with Crippen LogP contribution in [0.4, 0.5) is 0 Å². The summed E-state index contributed by atoms with van der Waals surface area (Å²) in [7, 11) is 0. The minimum Gasteiger partial charge on any atom is -0.461 e. The molecule has 0 N–H and O–H groups in total. The molecule has 0 aliphatic rings. The summed E-state index contributed by atoms with van der Waals surface area (Å²) in [5, 5.41) is -0.328. The lowest BCUT2D eigenvalue weighted by Crippen LogP contribution is -2.07. The Kier molecular flexibility index (Phi) is 5.39. The molecule has 2 aromatic rings. The number of hydrogen-bond acceptors (Lipinski definition) is 2. The Morgan fingerprint density at radius 3 is 2.30 bits per heavy atom. The fraction of sp³-hybridized carbons (Fsp3) is 0.118. The molecule has 0 amide bonds. The molecule has 20 heavy (non-hydrogen) atoms. The maximum atomic E-state index is 11.6. The molecule has 2 aromatic carbocycles. The molecule has 0 heterocycles. The van der Waals surface area contributed by atoms with Gasteiger partial charge in [0.15, 0.2) is 0 Å². The third-order valence-corrected chi connectivity index (χ3v) is 3.12. The van der Waals surface area contributed by atoms with Crippen molar-refractivity contribution in [2.75, 3.05) is 6.61 Å². The van der Waals surface area contributed by atoms with E-state index >= 15 is 0 Å². The summed E-state index contributed by atoms with van der Waals surface area (Å²) in [6.45, 7) is 0.156. The van der Waals surface area contributed by atoms with E-state index in [1.54, 1.807) is 6.08 Å². The van der Waals surface area contributed by atoms with Gasteiger partial charge in [0.25, 0.3) is 0 Å². The van der Waals surface area contributed by atoms with Crippen LogP contribution < -0.4 is 0 Å². The first-order valence-electron chi connectivity index (χ1n) is 6.34.